The second-order valence-corrected chi connectivity index (χ2v) is 5.36. The molecule has 0 saturated carbocycles. The van der Waals surface area contributed by atoms with Crippen molar-refractivity contribution in [3.63, 3.8) is 0 Å². The summed E-state index contributed by atoms with van der Waals surface area (Å²) in [5.41, 5.74) is 3.46. The van der Waals surface area contributed by atoms with E-state index in [4.69, 9.17) is 11.6 Å². The molecule has 0 radical (unpaired) electrons. The second-order valence-electron chi connectivity index (χ2n) is 4.96. The molecule has 3 heteroatoms. The molecule has 0 heterocycles. The van der Waals surface area contributed by atoms with E-state index in [1.54, 1.807) is 0 Å². The van der Waals surface area contributed by atoms with E-state index in [1.807, 2.05) is 6.92 Å². The lowest BCUT2D eigenvalue weighted by Crippen LogP contribution is -2.24. The van der Waals surface area contributed by atoms with Crippen LogP contribution in [0.2, 0.25) is 5.02 Å². The molecule has 0 fully saturated rings. The first kappa shape index (κ1) is 16.1. The summed E-state index contributed by atoms with van der Waals surface area (Å²) < 4.78 is 0. The van der Waals surface area contributed by atoms with Crippen LogP contribution < -0.4 is 10.2 Å². The summed E-state index contributed by atoms with van der Waals surface area (Å²) >= 11 is 6.41. The first-order valence-corrected chi connectivity index (χ1v) is 7.29. The van der Waals surface area contributed by atoms with Gasteiger partial charge in [-0.3, -0.25) is 0 Å². The number of benzene rings is 1. The predicted molar refractivity (Wildman–Crippen MR) is 86.2 cm³/mol. The number of likely N-dealkylation sites (N-methyl/N-ethyl adjacent to an activating group) is 1. The Bertz CT molecular complexity index is 429. The summed E-state index contributed by atoms with van der Waals surface area (Å²) in [6.07, 6.45) is 0. The molecule has 0 aliphatic carbocycles. The molecule has 0 aliphatic heterocycles. The van der Waals surface area contributed by atoms with Crippen LogP contribution in [-0.4, -0.2) is 19.6 Å². The van der Waals surface area contributed by atoms with Crippen LogP contribution in [0.3, 0.4) is 0 Å². The van der Waals surface area contributed by atoms with Gasteiger partial charge in [-0.15, -0.1) is 0 Å². The summed E-state index contributed by atoms with van der Waals surface area (Å²) in [6, 6.07) is 6.59. The monoisotopic (exact) mass is 280 g/mol. The normalized spacial score (nSPS) is 12.3. The minimum absolute atomic E-state index is 0.280. The molecular weight excluding hydrogens is 256 g/mol. The van der Waals surface area contributed by atoms with E-state index in [1.165, 1.54) is 0 Å². The highest BCUT2D eigenvalue weighted by atomic mass is 35.5. The molecule has 1 rings (SSSR count). The highest BCUT2D eigenvalue weighted by molar-refractivity contribution is 6.31. The van der Waals surface area contributed by atoms with Crippen molar-refractivity contribution in [3.05, 3.63) is 40.9 Å². The fourth-order valence-electron chi connectivity index (χ4n) is 2.19. The van der Waals surface area contributed by atoms with Crippen LogP contribution in [0, 0.1) is 0 Å². The lowest BCUT2D eigenvalue weighted by atomic mass is 10.1. The van der Waals surface area contributed by atoms with Crippen molar-refractivity contribution in [2.24, 2.45) is 0 Å². The number of hydrogen-bond donors (Lipinski definition) is 1. The van der Waals surface area contributed by atoms with Gasteiger partial charge in [0.25, 0.3) is 0 Å². The molecule has 0 amide bonds. The number of halogens is 1. The molecular formula is C16H25ClN2. The van der Waals surface area contributed by atoms with Crippen molar-refractivity contribution in [1.29, 1.82) is 0 Å². The standard InChI is InChI=1S/C16H25ClN2/c1-6-18-13(5)15-9-8-14(10-16(15)17)19(7-2)11-12(3)4/h8-10,13,18H,3,6-7,11H2,1-2,4-5H3. The molecule has 0 bridgehead atoms. The summed E-state index contributed by atoms with van der Waals surface area (Å²) in [7, 11) is 0. The van der Waals surface area contributed by atoms with E-state index >= 15 is 0 Å². The number of nitrogens with zero attached hydrogens (tertiary/aromatic N) is 1. The molecule has 0 saturated heterocycles. The van der Waals surface area contributed by atoms with Crippen LogP contribution in [0.1, 0.15) is 39.3 Å². The van der Waals surface area contributed by atoms with E-state index < -0.39 is 0 Å². The smallest absolute Gasteiger partial charge is 0.0474 e. The van der Waals surface area contributed by atoms with Gasteiger partial charge in [-0.2, -0.15) is 0 Å². The Balaban J connectivity index is 2.94. The molecule has 19 heavy (non-hydrogen) atoms. The minimum atomic E-state index is 0.280. The number of nitrogens with one attached hydrogen (secondary N) is 1. The highest BCUT2D eigenvalue weighted by Crippen LogP contribution is 2.28. The van der Waals surface area contributed by atoms with Crippen LogP contribution in [-0.2, 0) is 0 Å². The molecule has 1 unspecified atom stereocenters. The number of hydrogen-bond acceptors (Lipinski definition) is 2. The van der Waals surface area contributed by atoms with Gasteiger partial charge in [-0.05, 0) is 45.0 Å². The van der Waals surface area contributed by atoms with Crippen LogP contribution >= 0.6 is 11.6 Å². The zero-order valence-electron chi connectivity index (χ0n) is 12.5. The molecule has 0 aromatic heterocycles. The maximum Gasteiger partial charge on any atom is 0.0474 e. The summed E-state index contributed by atoms with van der Waals surface area (Å²) in [5.74, 6) is 0. The third-order valence-electron chi connectivity index (χ3n) is 3.17. The largest absolute Gasteiger partial charge is 0.368 e. The third-order valence-corrected chi connectivity index (χ3v) is 3.50. The van der Waals surface area contributed by atoms with E-state index in [-0.39, 0.29) is 6.04 Å². The quantitative estimate of drug-likeness (QED) is 0.744. The molecule has 106 valence electrons. The van der Waals surface area contributed by atoms with E-state index in [2.05, 4.69) is 55.8 Å². The maximum absolute atomic E-state index is 6.41. The minimum Gasteiger partial charge on any atom is -0.368 e. The Kier molecular flexibility index (Phi) is 6.40. The van der Waals surface area contributed by atoms with Gasteiger partial charge in [0.2, 0.25) is 0 Å². The molecule has 1 aromatic carbocycles. The maximum atomic E-state index is 6.41. The van der Waals surface area contributed by atoms with Gasteiger partial charge in [0.05, 0.1) is 0 Å². The fourth-order valence-corrected chi connectivity index (χ4v) is 2.53. The van der Waals surface area contributed by atoms with Crippen molar-refractivity contribution < 1.29 is 0 Å². The van der Waals surface area contributed by atoms with Crippen molar-refractivity contribution in [2.45, 2.75) is 33.7 Å². The Labute approximate surface area is 122 Å². The summed E-state index contributed by atoms with van der Waals surface area (Å²) in [6.45, 7) is 15.2. The van der Waals surface area contributed by atoms with Gasteiger partial charge in [-0.1, -0.05) is 36.7 Å². The number of rotatable bonds is 7. The molecule has 0 aliphatic rings. The van der Waals surface area contributed by atoms with Gasteiger partial charge in [0, 0.05) is 29.8 Å². The van der Waals surface area contributed by atoms with Crippen LogP contribution in [0.15, 0.2) is 30.4 Å². The Hall–Kier alpha value is -0.990. The van der Waals surface area contributed by atoms with Crippen molar-refractivity contribution in [2.75, 3.05) is 24.5 Å². The van der Waals surface area contributed by atoms with Gasteiger partial charge in [0.1, 0.15) is 0 Å². The van der Waals surface area contributed by atoms with Gasteiger partial charge < -0.3 is 10.2 Å². The van der Waals surface area contributed by atoms with E-state index in [0.717, 1.165) is 41.5 Å². The average Bonchev–Trinajstić information content (AvgIpc) is 2.35. The third kappa shape index (κ3) is 4.55. The van der Waals surface area contributed by atoms with E-state index in [9.17, 15) is 0 Å². The molecule has 1 atom stereocenters. The van der Waals surface area contributed by atoms with Gasteiger partial charge in [-0.25, -0.2) is 0 Å². The topological polar surface area (TPSA) is 15.3 Å². The van der Waals surface area contributed by atoms with Crippen molar-refractivity contribution in [3.8, 4) is 0 Å². The van der Waals surface area contributed by atoms with Crippen molar-refractivity contribution in [1.82, 2.24) is 5.32 Å². The summed E-state index contributed by atoms with van der Waals surface area (Å²) in [4.78, 5) is 2.27. The zero-order valence-corrected chi connectivity index (χ0v) is 13.2. The Morgan fingerprint density at radius 3 is 2.58 bits per heavy atom. The first-order valence-electron chi connectivity index (χ1n) is 6.91. The number of anilines is 1. The first-order chi connectivity index (χ1) is 8.99. The molecule has 1 aromatic rings. The lowest BCUT2D eigenvalue weighted by molar-refractivity contribution is 0.598. The SMILES string of the molecule is C=C(C)CN(CC)c1ccc(C(C)NCC)c(Cl)c1. The Morgan fingerprint density at radius 1 is 1.42 bits per heavy atom. The van der Waals surface area contributed by atoms with Crippen LogP contribution in [0.4, 0.5) is 5.69 Å². The van der Waals surface area contributed by atoms with Gasteiger partial charge >= 0.3 is 0 Å². The lowest BCUT2D eigenvalue weighted by Gasteiger charge is -2.24. The predicted octanol–water partition coefficient (Wildman–Crippen LogP) is 4.41. The van der Waals surface area contributed by atoms with Crippen molar-refractivity contribution >= 4 is 17.3 Å². The Morgan fingerprint density at radius 2 is 2.11 bits per heavy atom. The second kappa shape index (κ2) is 7.56. The summed E-state index contributed by atoms with van der Waals surface area (Å²) in [5, 5.41) is 4.21. The fraction of sp³-hybridized carbons (Fsp3) is 0.500. The average molecular weight is 281 g/mol. The molecule has 2 nitrogen and oxygen atoms in total. The molecule has 0 spiro atoms. The molecule has 1 N–H and O–H groups in total. The van der Waals surface area contributed by atoms with Gasteiger partial charge in [0.15, 0.2) is 0 Å². The van der Waals surface area contributed by atoms with Crippen LogP contribution in [0.25, 0.3) is 0 Å². The highest BCUT2D eigenvalue weighted by Gasteiger charge is 2.11. The van der Waals surface area contributed by atoms with Crippen LogP contribution in [0.5, 0.6) is 0 Å². The van der Waals surface area contributed by atoms with E-state index in [0.29, 0.717) is 0 Å². The zero-order chi connectivity index (χ0) is 14.4.